The summed E-state index contributed by atoms with van der Waals surface area (Å²) in [5.74, 6) is 0.732. The molecule has 0 saturated heterocycles. The van der Waals surface area contributed by atoms with Gasteiger partial charge in [0.05, 0.1) is 18.4 Å². The predicted octanol–water partition coefficient (Wildman–Crippen LogP) is 1.27. The number of benzene rings is 1. The Bertz CT molecular complexity index is 676. The number of hydrogen-bond acceptors (Lipinski definition) is 5. The van der Waals surface area contributed by atoms with Gasteiger partial charge in [0.1, 0.15) is 17.5 Å². The van der Waals surface area contributed by atoms with Gasteiger partial charge in [0.15, 0.2) is 0 Å². The van der Waals surface area contributed by atoms with Gasteiger partial charge in [-0.25, -0.2) is 14.0 Å². The lowest BCUT2D eigenvalue weighted by Gasteiger charge is -2.30. The van der Waals surface area contributed by atoms with E-state index in [1.165, 1.54) is 25.3 Å². The highest BCUT2D eigenvalue weighted by Gasteiger charge is 2.28. The van der Waals surface area contributed by atoms with Crippen molar-refractivity contribution in [2.75, 3.05) is 26.1 Å². The number of anilines is 1. The molecule has 1 aromatic carbocycles. The molecule has 1 aromatic rings. The second-order valence-electron chi connectivity index (χ2n) is 4.59. The van der Waals surface area contributed by atoms with Crippen molar-refractivity contribution < 1.29 is 18.7 Å². The van der Waals surface area contributed by atoms with Gasteiger partial charge in [-0.1, -0.05) is 0 Å². The number of carbonyl (C=O) groups excluding carboxylic acids is 2. The molecule has 1 aliphatic rings. The fourth-order valence-electron chi connectivity index (χ4n) is 2.40. The molecule has 0 aromatic heterocycles. The molecular formula is C15H15FN2O3. The lowest BCUT2D eigenvalue weighted by Crippen LogP contribution is -2.29. The molecule has 21 heavy (non-hydrogen) atoms. The molecule has 0 fully saturated rings. The number of nitrogens with one attached hydrogen (secondary N) is 1. The Kier molecular flexibility index (Phi) is 4.21. The van der Waals surface area contributed by atoms with Crippen LogP contribution >= 0.6 is 0 Å². The highest BCUT2D eigenvalue weighted by molar-refractivity contribution is 6.07. The normalized spacial score (nSPS) is 13.4. The van der Waals surface area contributed by atoms with Gasteiger partial charge >= 0.3 is 5.97 Å². The highest BCUT2D eigenvalue weighted by atomic mass is 19.1. The van der Waals surface area contributed by atoms with Gasteiger partial charge < -0.3 is 15.0 Å². The van der Waals surface area contributed by atoms with E-state index in [4.69, 9.17) is 4.74 Å². The van der Waals surface area contributed by atoms with E-state index in [1.807, 2.05) is 0 Å². The molecule has 110 valence electrons. The van der Waals surface area contributed by atoms with Crippen LogP contribution in [0.2, 0.25) is 0 Å². The van der Waals surface area contributed by atoms with Crippen molar-refractivity contribution in [3.8, 4) is 0 Å². The van der Waals surface area contributed by atoms with Crippen LogP contribution in [0.25, 0.3) is 5.57 Å². The van der Waals surface area contributed by atoms with E-state index in [9.17, 15) is 14.0 Å². The van der Waals surface area contributed by atoms with E-state index in [-0.39, 0.29) is 11.3 Å². The zero-order valence-corrected chi connectivity index (χ0v) is 12.0. The maximum absolute atomic E-state index is 13.7. The Morgan fingerprint density at radius 1 is 1.48 bits per heavy atom. The van der Waals surface area contributed by atoms with Crippen LogP contribution in [0.4, 0.5) is 10.1 Å². The predicted molar refractivity (Wildman–Crippen MR) is 76.8 cm³/mol. The quantitative estimate of drug-likeness (QED) is 0.671. The molecule has 0 bridgehead atoms. The van der Waals surface area contributed by atoms with E-state index in [0.29, 0.717) is 23.4 Å². The number of rotatable bonds is 3. The van der Waals surface area contributed by atoms with Crippen LogP contribution in [0.1, 0.15) is 11.1 Å². The number of halogens is 1. The molecule has 1 heterocycles. The van der Waals surface area contributed by atoms with Gasteiger partial charge in [0.2, 0.25) is 0 Å². The van der Waals surface area contributed by atoms with Crippen molar-refractivity contribution in [2.45, 2.75) is 6.54 Å². The minimum Gasteiger partial charge on any atom is -0.464 e. The van der Waals surface area contributed by atoms with Crippen molar-refractivity contribution in [3.05, 3.63) is 40.8 Å². The third-order valence-electron chi connectivity index (χ3n) is 3.29. The molecule has 0 aliphatic carbocycles. The average Bonchev–Trinajstić information content (AvgIpc) is 2.46. The van der Waals surface area contributed by atoms with Gasteiger partial charge in [-0.15, -0.1) is 0 Å². The van der Waals surface area contributed by atoms with Crippen molar-refractivity contribution in [2.24, 2.45) is 0 Å². The number of ether oxygens (including phenoxy) is 1. The molecule has 1 N–H and O–H groups in total. The molecule has 6 heteroatoms. The number of likely N-dealkylation sites (N-methyl/N-ethyl adjacent to an activating group) is 1. The largest absolute Gasteiger partial charge is 0.464 e. The number of nitrogens with zero attached hydrogens (tertiary/aromatic N) is 1. The zero-order chi connectivity index (χ0) is 15.6. The Morgan fingerprint density at radius 3 is 2.76 bits per heavy atom. The molecule has 0 radical (unpaired) electrons. The van der Waals surface area contributed by atoms with Crippen molar-refractivity contribution in [1.29, 1.82) is 0 Å². The molecule has 0 atom stereocenters. The number of esters is 1. The van der Waals surface area contributed by atoms with E-state index >= 15 is 0 Å². The number of allylic oxidation sites excluding steroid dienone is 2. The number of fused-ring (bicyclic) bond motifs is 1. The van der Waals surface area contributed by atoms with E-state index in [2.05, 4.69) is 5.32 Å². The first-order valence-corrected chi connectivity index (χ1v) is 6.29. The van der Waals surface area contributed by atoms with Crippen molar-refractivity contribution in [3.63, 3.8) is 0 Å². The maximum Gasteiger partial charge on any atom is 0.354 e. The van der Waals surface area contributed by atoms with E-state index in [0.717, 1.165) is 0 Å². The Morgan fingerprint density at radius 2 is 2.19 bits per heavy atom. The highest BCUT2D eigenvalue weighted by Crippen LogP contribution is 2.37. The maximum atomic E-state index is 13.7. The van der Waals surface area contributed by atoms with Crippen LogP contribution in [0.15, 0.2) is 23.9 Å². The summed E-state index contributed by atoms with van der Waals surface area (Å²) in [4.78, 5) is 24.6. The van der Waals surface area contributed by atoms with Crippen LogP contribution in [0.3, 0.4) is 0 Å². The first kappa shape index (κ1) is 15.0. The standard InChI is InChI=1S/C15H15FN2O3/c1-17-7-9-4-11(16)6-12-10(8-19)5-13(15(20)21-3)18(2)14(9)12/h4-6,17H,7H2,1-3H3. The van der Waals surface area contributed by atoms with Crippen LogP contribution in [-0.4, -0.2) is 33.1 Å². The number of methoxy groups -OCH3 is 1. The SMILES string of the molecule is CNCc1cc(F)cc2c1N(C)C(C(=O)OC)=CC2=C=O. The van der Waals surface area contributed by atoms with Crippen LogP contribution in [0.5, 0.6) is 0 Å². The molecular weight excluding hydrogens is 275 g/mol. The molecule has 5 nitrogen and oxygen atoms in total. The second-order valence-corrected chi connectivity index (χ2v) is 4.59. The van der Waals surface area contributed by atoms with Crippen LogP contribution in [0, 0.1) is 5.82 Å². The summed E-state index contributed by atoms with van der Waals surface area (Å²) in [5.41, 5.74) is 1.96. The third-order valence-corrected chi connectivity index (χ3v) is 3.29. The number of hydrogen-bond donors (Lipinski definition) is 1. The fraction of sp³-hybridized carbons (Fsp3) is 0.267. The minimum atomic E-state index is -0.573. The van der Waals surface area contributed by atoms with E-state index in [1.54, 1.807) is 24.9 Å². The Hall–Kier alpha value is -2.43. The fourth-order valence-corrected chi connectivity index (χ4v) is 2.40. The summed E-state index contributed by atoms with van der Waals surface area (Å²) >= 11 is 0. The molecule has 1 aliphatic heterocycles. The Balaban J connectivity index is 2.70. The molecule has 0 saturated carbocycles. The topological polar surface area (TPSA) is 58.6 Å². The lowest BCUT2D eigenvalue weighted by atomic mass is 9.95. The summed E-state index contributed by atoms with van der Waals surface area (Å²) in [6, 6.07) is 2.63. The molecule has 0 spiro atoms. The van der Waals surface area contributed by atoms with Gasteiger partial charge in [-0.3, -0.25) is 0 Å². The smallest absolute Gasteiger partial charge is 0.354 e. The molecule has 0 unspecified atom stereocenters. The summed E-state index contributed by atoms with van der Waals surface area (Å²) in [5, 5.41) is 2.94. The third kappa shape index (κ3) is 2.59. The van der Waals surface area contributed by atoms with Crippen molar-refractivity contribution >= 4 is 23.2 Å². The first-order chi connectivity index (χ1) is 10.0. The van der Waals surface area contributed by atoms with Crippen LogP contribution < -0.4 is 10.2 Å². The van der Waals surface area contributed by atoms with Gasteiger partial charge in [-0.2, -0.15) is 0 Å². The summed E-state index contributed by atoms with van der Waals surface area (Å²) in [6.45, 7) is 0.394. The van der Waals surface area contributed by atoms with E-state index < -0.39 is 11.8 Å². The first-order valence-electron chi connectivity index (χ1n) is 6.29. The average molecular weight is 290 g/mol. The van der Waals surface area contributed by atoms with Crippen molar-refractivity contribution in [1.82, 2.24) is 5.32 Å². The molecule has 0 amide bonds. The van der Waals surface area contributed by atoms with Gasteiger partial charge in [0, 0.05) is 19.2 Å². The monoisotopic (exact) mass is 290 g/mol. The zero-order valence-electron chi connectivity index (χ0n) is 12.0. The summed E-state index contributed by atoms with van der Waals surface area (Å²) < 4.78 is 18.4. The second kappa shape index (κ2) is 5.91. The van der Waals surface area contributed by atoms with Gasteiger partial charge in [0.25, 0.3) is 0 Å². The molecule has 2 rings (SSSR count). The van der Waals surface area contributed by atoms with Crippen LogP contribution in [-0.2, 0) is 20.9 Å². The summed E-state index contributed by atoms with van der Waals surface area (Å²) in [6.07, 6.45) is 1.35. The lowest BCUT2D eigenvalue weighted by molar-refractivity contribution is -0.136. The number of carbonyl (C=O) groups is 1. The van der Waals surface area contributed by atoms with Gasteiger partial charge in [-0.05, 0) is 30.8 Å². The Labute approximate surface area is 121 Å². The summed E-state index contributed by atoms with van der Waals surface area (Å²) in [7, 11) is 4.66. The minimum absolute atomic E-state index is 0.125.